The molecule has 1 aliphatic rings. The van der Waals surface area contributed by atoms with Crippen molar-refractivity contribution in [3.05, 3.63) is 46.6 Å². The van der Waals surface area contributed by atoms with Crippen LogP contribution < -0.4 is 5.32 Å². The maximum absolute atomic E-state index is 4.92. The molecule has 0 saturated carbocycles. The highest BCUT2D eigenvalue weighted by Crippen LogP contribution is 2.27. The number of nitrogens with one attached hydrogen (secondary N) is 1. The molecule has 0 bridgehead atoms. The summed E-state index contributed by atoms with van der Waals surface area (Å²) in [6, 6.07) is 8.76. The average Bonchev–Trinajstić information content (AvgIpc) is 2.79. The number of benzene rings is 1. The lowest BCUT2D eigenvalue weighted by Crippen LogP contribution is -2.11. The first-order chi connectivity index (χ1) is 11.1. The van der Waals surface area contributed by atoms with Crippen LogP contribution in [0.1, 0.15) is 28.8 Å². The zero-order valence-electron chi connectivity index (χ0n) is 14.8. The van der Waals surface area contributed by atoms with E-state index < -0.39 is 0 Å². The molecule has 4 nitrogen and oxygen atoms in total. The number of nitrogens with zero attached hydrogens (tertiary/aromatic N) is 3. The van der Waals surface area contributed by atoms with Crippen LogP contribution in [0.25, 0.3) is 22.3 Å². The van der Waals surface area contributed by atoms with E-state index in [1.54, 1.807) is 0 Å². The summed E-state index contributed by atoms with van der Waals surface area (Å²) in [7, 11) is 0. The number of hydrogen-bond acceptors (Lipinski definition) is 3. The van der Waals surface area contributed by atoms with Gasteiger partial charge in [-0.15, -0.1) is 24.8 Å². The van der Waals surface area contributed by atoms with Crippen LogP contribution in [0.2, 0.25) is 0 Å². The van der Waals surface area contributed by atoms with Crippen molar-refractivity contribution in [2.45, 2.75) is 40.3 Å². The summed E-state index contributed by atoms with van der Waals surface area (Å²) < 4.78 is 2.12. The molecule has 0 radical (unpaired) electrons. The second-order valence-electron chi connectivity index (χ2n) is 6.58. The summed E-state index contributed by atoms with van der Waals surface area (Å²) in [5, 5.41) is 9.48. The molecule has 1 aliphatic heterocycles. The SMILES string of the molecule is Cc1cc(C)c2nc(-c3cc4n(n3)CCCNC4)cc(C)c2c1.Cl.Cl. The lowest BCUT2D eigenvalue weighted by Gasteiger charge is -2.09. The summed E-state index contributed by atoms with van der Waals surface area (Å²) in [6.07, 6.45) is 1.12. The minimum Gasteiger partial charge on any atom is -0.311 e. The molecule has 6 heteroatoms. The summed E-state index contributed by atoms with van der Waals surface area (Å²) >= 11 is 0. The van der Waals surface area contributed by atoms with Gasteiger partial charge in [0.1, 0.15) is 5.69 Å². The predicted octanol–water partition coefficient (Wildman–Crippen LogP) is 4.36. The van der Waals surface area contributed by atoms with Gasteiger partial charge in [-0.1, -0.05) is 11.6 Å². The third kappa shape index (κ3) is 3.66. The van der Waals surface area contributed by atoms with E-state index in [2.05, 4.69) is 55.0 Å². The lowest BCUT2D eigenvalue weighted by atomic mass is 10.0. The standard InChI is InChI=1S/C19H22N4.2ClH/c1-12-7-14(3)19-16(8-12)13(2)9-17(21-19)18-10-15-11-20-5-4-6-23(15)22-18;;/h7-10,20H,4-6,11H2,1-3H3;2*1H. The number of aryl methyl sites for hydroxylation is 4. The van der Waals surface area contributed by atoms with Crippen LogP contribution in [-0.4, -0.2) is 21.3 Å². The molecule has 0 unspecified atom stereocenters. The van der Waals surface area contributed by atoms with Gasteiger partial charge in [-0.3, -0.25) is 4.68 Å². The van der Waals surface area contributed by atoms with E-state index in [-0.39, 0.29) is 24.8 Å². The molecule has 0 spiro atoms. The van der Waals surface area contributed by atoms with E-state index in [0.29, 0.717) is 0 Å². The van der Waals surface area contributed by atoms with E-state index in [4.69, 9.17) is 10.1 Å². The van der Waals surface area contributed by atoms with Gasteiger partial charge in [-0.25, -0.2) is 4.98 Å². The quantitative estimate of drug-likeness (QED) is 0.683. The van der Waals surface area contributed by atoms with Gasteiger partial charge in [0, 0.05) is 18.5 Å². The molecule has 0 atom stereocenters. The van der Waals surface area contributed by atoms with Gasteiger partial charge in [-0.2, -0.15) is 5.10 Å². The Labute approximate surface area is 160 Å². The summed E-state index contributed by atoms with van der Waals surface area (Å²) in [6.45, 7) is 9.36. The number of hydrogen-bond donors (Lipinski definition) is 1. The van der Waals surface area contributed by atoms with Crippen molar-refractivity contribution in [3.63, 3.8) is 0 Å². The first kappa shape index (κ1) is 19.7. The number of halogens is 2. The van der Waals surface area contributed by atoms with Crippen molar-refractivity contribution < 1.29 is 0 Å². The summed E-state index contributed by atoms with van der Waals surface area (Å²) in [4.78, 5) is 4.92. The molecule has 0 saturated heterocycles. The Morgan fingerprint density at radius 3 is 2.56 bits per heavy atom. The van der Waals surface area contributed by atoms with Crippen LogP contribution >= 0.6 is 24.8 Å². The van der Waals surface area contributed by atoms with Gasteiger partial charge in [0.15, 0.2) is 0 Å². The first-order valence-electron chi connectivity index (χ1n) is 8.28. The van der Waals surface area contributed by atoms with Gasteiger partial charge < -0.3 is 5.32 Å². The fourth-order valence-corrected chi connectivity index (χ4v) is 3.46. The summed E-state index contributed by atoms with van der Waals surface area (Å²) in [5.74, 6) is 0. The smallest absolute Gasteiger partial charge is 0.111 e. The molecule has 25 heavy (non-hydrogen) atoms. The predicted molar refractivity (Wildman–Crippen MR) is 108 cm³/mol. The zero-order chi connectivity index (χ0) is 16.0. The highest BCUT2D eigenvalue weighted by atomic mass is 35.5. The van der Waals surface area contributed by atoms with Crippen molar-refractivity contribution in [2.75, 3.05) is 6.54 Å². The second-order valence-corrected chi connectivity index (χ2v) is 6.58. The molecular formula is C19H24Cl2N4. The fourth-order valence-electron chi connectivity index (χ4n) is 3.46. The van der Waals surface area contributed by atoms with E-state index in [1.165, 1.54) is 27.8 Å². The molecule has 3 aromatic rings. The Hall–Kier alpha value is -1.62. The van der Waals surface area contributed by atoms with E-state index in [0.717, 1.165) is 43.0 Å². The Morgan fingerprint density at radius 2 is 1.76 bits per heavy atom. The highest BCUT2D eigenvalue weighted by molar-refractivity contribution is 5.87. The Balaban J connectivity index is 0.00000113. The van der Waals surface area contributed by atoms with E-state index in [1.807, 2.05) is 0 Å². The number of aromatic nitrogens is 3. The number of rotatable bonds is 1. The third-order valence-electron chi connectivity index (χ3n) is 4.61. The largest absolute Gasteiger partial charge is 0.311 e. The maximum atomic E-state index is 4.92. The minimum absolute atomic E-state index is 0. The molecule has 0 fully saturated rings. The molecule has 134 valence electrons. The Kier molecular flexibility index (Phi) is 6.09. The van der Waals surface area contributed by atoms with Crippen LogP contribution in [0.5, 0.6) is 0 Å². The zero-order valence-corrected chi connectivity index (χ0v) is 16.4. The molecular weight excluding hydrogens is 355 g/mol. The fraction of sp³-hybridized carbons (Fsp3) is 0.368. The van der Waals surface area contributed by atoms with Crippen LogP contribution in [-0.2, 0) is 13.1 Å². The van der Waals surface area contributed by atoms with Crippen molar-refractivity contribution in [1.82, 2.24) is 20.1 Å². The number of fused-ring (bicyclic) bond motifs is 2. The monoisotopic (exact) mass is 378 g/mol. The van der Waals surface area contributed by atoms with Crippen molar-refractivity contribution >= 4 is 35.7 Å². The molecule has 4 rings (SSSR count). The van der Waals surface area contributed by atoms with Gasteiger partial charge >= 0.3 is 0 Å². The first-order valence-corrected chi connectivity index (χ1v) is 8.28. The van der Waals surface area contributed by atoms with Gasteiger partial charge in [0.05, 0.1) is 16.9 Å². The highest BCUT2D eigenvalue weighted by Gasteiger charge is 2.14. The summed E-state index contributed by atoms with van der Waals surface area (Å²) in [5.41, 5.74) is 8.07. The molecule has 2 aromatic heterocycles. The molecule has 0 amide bonds. The van der Waals surface area contributed by atoms with Crippen LogP contribution in [0, 0.1) is 20.8 Å². The average molecular weight is 379 g/mol. The maximum Gasteiger partial charge on any atom is 0.111 e. The minimum atomic E-state index is 0. The second kappa shape index (κ2) is 7.73. The van der Waals surface area contributed by atoms with Crippen LogP contribution in [0.4, 0.5) is 0 Å². The van der Waals surface area contributed by atoms with Gasteiger partial charge in [0.25, 0.3) is 0 Å². The Morgan fingerprint density at radius 1 is 0.960 bits per heavy atom. The van der Waals surface area contributed by atoms with Crippen LogP contribution in [0.3, 0.4) is 0 Å². The van der Waals surface area contributed by atoms with Gasteiger partial charge in [0.2, 0.25) is 0 Å². The molecule has 1 aromatic carbocycles. The van der Waals surface area contributed by atoms with E-state index in [9.17, 15) is 0 Å². The normalized spacial score (nSPS) is 13.6. The molecule has 1 N–H and O–H groups in total. The lowest BCUT2D eigenvalue weighted by molar-refractivity contribution is 0.589. The van der Waals surface area contributed by atoms with Gasteiger partial charge in [-0.05, 0) is 63.1 Å². The van der Waals surface area contributed by atoms with E-state index >= 15 is 0 Å². The topological polar surface area (TPSA) is 42.7 Å². The molecule has 0 aliphatic carbocycles. The van der Waals surface area contributed by atoms with Crippen molar-refractivity contribution in [2.24, 2.45) is 0 Å². The van der Waals surface area contributed by atoms with Crippen LogP contribution in [0.15, 0.2) is 24.3 Å². The molecule has 3 heterocycles. The van der Waals surface area contributed by atoms with Crippen molar-refractivity contribution in [1.29, 1.82) is 0 Å². The Bertz CT molecular complexity index is 879. The number of pyridine rings is 1. The van der Waals surface area contributed by atoms with Crippen molar-refractivity contribution in [3.8, 4) is 11.4 Å². The third-order valence-corrected chi connectivity index (χ3v) is 4.61.